The van der Waals surface area contributed by atoms with E-state index in [1.54, 1.807) is 6.92 Å². The van der Waals surface area contributed by atoms with Gasteiger partial charge in [-0.3, -0.25) is 0 Å². The zero-order valence-corrected chi connectivity index (χ0v) is 18.8. The minimum atomic E-state index is -1.08. The molecule has 33 heavy (non-hydrogen) atoms. The Bertz CT molecular complexity index is 1550. The molecule has 0 saturated heterocycles. The predicted molar refractivity (Wildman–Crippen MR) is 138 cm³/mol. The van der Waals surface area contributed by atoms with Gasteiger partial charge in [-0.15, -0.1) is 0 Å². The van der Waals surface area contributed by atoms with Gasteiger partial charge >= 0.3 is 0 Å². The number of fused-ring (bicyclic) bond motifs is 3. The number of halogens is 1. The minimum absolute atomic E-state index is 0.702. The van der Waals surface area contributed by atoms with E-state index in [2.05, 4.69) is 81.6 Å². The molecule has 4 nitrogen and oxygen atoms in total. The Morgan fingerprint density at radius 1 is 0.667 bits per heavy atom. The fourth-order valence-corrected chi connectivity index (χ4v) is 4.61. The van der Waals surface area contributed by atoms with Crippen LogP contribution in [0.5, 0.6) is 0 Å². The van der Waals surface area contributed by atoms with E-state index in [0.717, 1.165) is 22.3 Å². The SMILES string of the molecule is CC1(Cl)N=C(c2ccccc2)NC(c2ccc3c4ccccc4n(-c4ccccc4)c3c2)=N1. The molecule has 0 bridgehead atoms. The van der Waals surface area contributed by atoms with E-state index in [0.29, 0.717) is 11.7 Å². The smallest absolute Gasteiger partial charge is 0.226 e. The fourth-order valence-electron chi connectivity index (χ4n) is 4.44. The summed E-state index contributed by atoms with van der Waals surface area (Å²) in [6.45, 7) is 1.80. The van der Waals surface area contributed by atoms with Crippen molar-refractivity contribution < 1.29 is 0 Å². The second-order valence-electron chi connectivity index (χ2n) is 8.24. The maximum Gasteiger partial charge on any atom is 0.226 e. The van der Waals surface area contributed by atoms with Crippen molar-refractivity contribution in [2.75, 3.05) is 0 Å². The maximum absolute atomic E-state index is 6.65. The lowest BCUT2D eigenvalue weighted by Crippen LogP contribution is -2.39. The third-order valence-corrected chi connectivity index (χ3v) is 6.05. The molecule has 5 heteroatoms. The van der Waals surface area contributed by atoms with Crippen LogP contribution >= 0.6 is 11.6 Å². The van der Waals surface area contributed by atoms with Gasteiger partial charge in [0.25, 0.3) is 0 Å². The number of hydrogen-bond acceptors (Lipinski definition) is 3. The summed E-state index contributed by atoms with van der Waals surface area (Å²) >= 11 is 6.65. The van der Waals surface area contributed by atoms with Crippen molar-refractivity contribution >= 4 is 45.1 Å². The number of hydrogen-bond donors (Lipinski definition) is 1. The van der Waals surface area contributed by atoms with Crippen LogP contribution < -0.4 is 5.32 Å². The molecule has 0 aliphatic carbocycles. The average molecular weight is 449 g/mol. The molecule has 0 spiro atoms. The lowest BCUT2D eigenvalue weighted by Gasteiger charge is -2.24. The zero-order valence-electron chi connectivity index (χ0n) is 18.0. The van der Waals surface area contributed by atoms with Crippen LogP contribution in [0, 0.1) is 0 Å². The predicted octanol–water partition coefficient (Wildman–Crippen LogP) is 6.49. The van der Waals surface area contributed by atoms with Gasteiger partial charge in [-0.1, -0.05) is 90.5 Å². The molecule has 0 amide bonds. The van der Waals surface area contributed by atoms with E-state index in [-0.39, 0.29) is 0 Å². The molecule has 5 aromatic rings. The molecule has 2 heterocycles. The van der Waals surface area contributed by atoms with Gasteiger partial charge < -0.3 is 9.88 Å². The molecule has 1 aromatic heterocycles. The lowest BCUT2D eigenvalue weighted by molar-refractivity contribution is 0.690. The van der Waals surface area contributed by atoms with E-state index in [1.807, 2.05) is 36.4 Å². The topological polar surface area (TPSA) is 41.7 Å². The van der Waals surface area contributed by atoms with Crippen LogP contribution in [0.4, 0.5) is 0 Å². The Morgan fingerprint density at radius 2 is 1.27 bits per heavy atom. The van der Waals surface area contributed by atoms with Crippen LogP contribution in [-0.2, 0) is 0 Å². The first-order valence-corrected chi connectivity index (χ1v) is 11.3. The van der Waals surface area contributed by atoms with Crippen molar-refractivity contribution in [3.8, 4) is 5.69 Å². The molecule has 1 N–H and O–H groups in total. The molecular weight excluding hydrogens is 428 g/mol. The largest absolute Gasteiger partial charge is 0.324 e. The number of aromatic nitrogens is 1. The molecule has 0 fully saturated rings. The molecule has 1 aliphatic heterocycles. The maximum atomic E-state index is 6.65. The van der Waals surface area contributed by atoms with Gasteiger partial charge in [0.1, 0.15) is 11.7 Å². The molecule has 1 atom stereocenters. The molecule has 160 valence electrons. The van der Waals surface area contributed by atoms with Crippen LogP contribution in [0.25, 0.3) is 27.5 Å². The van der Waals surface area contributed by atoms with Crippen LogP contribution in [0.3, 0.4) is 0 Å². The standard InChI is InChI=1S/C28H21ClN4/c1-28(29)31-26(19-10-4-2-5-11-19)30-27(32-28)20-16-17-23-22-14-8-9-15-24(22)33(25(23)18-20)21-12-6-3-7-13-21/h2-18H,1H3,(H,30,31,32). The highest BCUT2D eigenvalue weighted by Crippen LogP contribution is 2.33. The summed E-state index contributed by atoms with van der Waals surface area (Å²) in [7, 11) is 0. The Hall–Kier alpha value is -3.89. The van der Waals surface area contributed by atoms with Crippen molar-refractivity contribution in [3.63, 3.8) is 0 Å². The summed E-state index contributed by atoms with van der Waals surface area (Å²) in [5.74, 6) is 1.41. The Morgan fingerprint density at radius 3 is 2.03 bits per heavy atom. The highest BCUT2D eigenvalue weighted by Gasteiger charge is 2.27. The highest BCUT2D eigenvalue weighted by molar-refractivity contribution is 6.28. The van der Waals surface area contributed by atoms with Crippen LogP contribution in [0.2, 0.25) is 0 Å². The van der Waals surface area contributed by atoms with Crippen LogP contribution in [0.1, 0.15) is 18.1 Å². The molecule has 0 radical (unpaired) electrons. The quantitative estimate of drug-likeness (QED) is 0.248. The molecule has 0 saturated carbocycles. The number of benzene rings is 4. The van der Waals surface area contributed by atoms with E-state index in [4.69, 9.17) is 16.6 Å². The normalized spacial score (nSPS) is 18.1. The van der Waals surface area contributed by atoms with Crippen molar-refractivity contribution in [2.45, 2.75) is 12.0 Å². The second kappa shape index (κ2) is 7.61. The third kappa shape index (κ3) is 3.49. The third-order valence-electron chi connectivity index (χ3n) is 5.88. The molecular formula is C28H21ClN4. The fraction of sp³-hybridized carbons (Fsp3) is 0.0714. The molecule has 4 aromatic carbocycles. The number of alkyl halides is 1. The lowest BCUT2D eigenvalue weighted by atomic mass is 10.1. The Labute approximate surface area is 196 Å². The van der Waals surface area contributed by atoms with Gasteiger partial charge in [0.05, 0.1) is 11.0 Å². The second-order valence-corrected chi connectivity index (χ2v) is 8.95. The Balaban J connectivity index is 1.53. The number of nitrogens with one attached hydrogen (secondary N) is 1. The monoisotopic (exact) mass is 448 g/mol. The summed E-state index contributed by atoms with van der Waals surface area (Å²) in [5, 5.41) is 4.74. The highest BCUT2D eigenvalue weighted by atomic mass is 35.5. The first kappa shape index (κ1) is 19.8. The van der Waals surface area contributed by atoms with E-state index >= 15 is 0 Å². The zero-order chi connectivity index (χ0) is 22.4. The van der Waals surface area contributed by atoms with Gasteiger partial charge in [-0.05, 0) is 31.2 Å². The van der Waals surface area contributed by atoms with E-state index in [1.165, 1.54) is 16.3 Å². The van der Waals surface area contributed by atoms with Crippen molar-refractivity contribution in [2.24, 2.45) is 9.98 Å². The van der Waals surface area contributed by atoms with Crippen molar-refractivity contribution in [1.29, 1.82) is 0 Å². The van der Waals surface area contributed by atoms with Gasteiger partial charge in [0.2, 0.25) is 5.12 Å². The van der Waals surface area contributed by atoms with Crippen molar-refractivity contribution in [3.05, 3.63) is 114 Å². The summed E-state index contributed by atoms with van der Waals surface area (Å²) in [6.07, 6.45) is 0. The number of rotatable bonds is 3. The van der Waals surface area contributed by atoms with Crippen molar-refractivity contribution in [1.82, 2.24) is 9.88 Å². The van der Waals surface area contributed by atoms with Gasteiger partial charge in [0, 0.05) is 27.6 Å². The average Bonchev–Trinajstić information content (AvgIpc) is 3.18. The summed E-state index contributed by atoms with van der Waals surface area (Å²) in [5.41, 5.74) is 5.33. The molecule has 1 unspecified atom stereocenters. The van der Waals surface area contributed by atoms with Crippen LogP contribution in [0.15, 0.2) is 113 Å². The van der Waals surface area contributed by atoms with Crippen LogP contribution in [-0.4, -0.2) is 21.4 Å². The molecule has 1 aliphatic rings. The van der Waals surface area contributed by atoms with E-state index in [9.17, 15) is 0 Å². The Kier molecular flexibility index (Phi) is 4.56. The van der Waals surface area contributed by atoms with Gasteiger partial charge in [-0.25, -0.2) is 9.98 Å². The number of aliphatic imine (C=N–C) groups is 2. The number of nitrogens with zero attached hydrogens (tertiary/aromatic N) is 3. The summed E-state index contributed by atoms with van der Waals surface area (Å²) in [6, 6.07) is 35.3. The van der Waals surface area contributed by atoms with Gasteiger partial charge in [0.15, 0.2) is 0 Å². The summed E-state index contributed by atoms with van der Waals surface area (Å²) < 4.78 is 2.30. The van der Waals surface area contributed by atoms with E-state index < -0.39 is 5.12 Å². The minimum Gasteiger partial charge on any atom is -0.324 e. The number of amidine groups is 2. The molecule has 6 rings (SSSR count). The summed E-state index contributed by atoms with van der Waals surface area (Å²) in [4.78, 5) is 9.30. The first-order chi connectivity index (χ1) is 16.1. The van der Waals surface area contributed by atoms with Gasteiger partial charge in [-0.2, -0.15) is 0 Å². The first-order valence-electron chi connectivity index (χ1n) is 10.9. The number of para-hydroxylation sites is 2.